The topological polar surface area (TPSA) is 20.3 Å². The maximum atomic E-state index is 11.6. The summed E-state index contributed by atoms with van der Waals surface area (Å²) in [6.45, 7) is 1.93. The highest BCUT2D eigenvalue weighted by molar-refractivity contribution is 7.99. The SMILES string of the molecule is CSCCC(=O)N1CCCSCC1. The van der Waals surface area contributed by atoms with E-state index in [9.17, 15) is 4.79 Å². The van der Waals surface area contributed by atoms with Crippen LogP contribution >= 0.6 is 23.5 Å². The maximum absolute atomic E-state index is 11.6. The molecule has 0 N–H and O–H groups in total. The zero-order valence-corrected chi connectivity index (χ0v) is 9.75. The van der Waals surface area contributed by atoms with E-state index in [1.54, 1.807) is 11.8 Å². The molecule has 1 heterocycles. The monoisotopic (exact) mass is 219 g/mol. The molecule has 2 nitrogen and oxygen atoms in total. The second-order valence-electron chi connectivity index (χ2n) is 3.09. The van der Waals surface area contributed by atoms with Gasteiger partial charge in [0, 0.05) is 31.0 Å². The Balaban J connectivity index is 2.26. The van der Waals surface area contributed by atoms with Gasteiger partial charge in [0.1, 0.15) is 0 Å². The smallest absolute Gasteiger partial charge is 0.223 e. The molecular formula is C9H17NOS2. The molecule has 0 aliphatic carbocycles. The Morgan fingerprint density at radius 1 is 1.46 bits per heavy atom. The van der Waals surface area contributed by atoms with Crippen molar-refractivity contribution in [1.82, 2.24) is 4.90 Å². The molecule has 0 saturated carbocycles. The Morgan fingerprint density at radius 3 is 3.08 bits per heavy atom. The second-order valence-corrected chi connectivity index (χ2v) is 5.30. The highest BCUT2D eigenvalue weighted by Crippen LogP contribution is 2.11. The molecule has 0 aromatic heterocycles. The van der Waals surface area contributed by atoms with Gasteiger partial charge in [-0.1, -0.05) is 0 Å². The van der Waals surface area contributed by atoms with Crippen LogP contribution in [0, 0.1) is 0 Å². The number of amides is 1. The summed E-state index contributed by atoms with van der Waals surface area (Å²) in [7, 11) is 0. The van der Waals surface area contributed by atoms with Crippen molar-refractivity contribution in [2.75, 3.05) is 36.6 Å². The van der Waals surface area contributed by atoms with E-state index in [2.05, 4.69) is 0 Å². The molecule has 1 fully saturated rings. The van der Waals surface area contributed by atoms with Gasteiger partial charge in [-0.2, -0.15) is 23.5 Å². The quantitative estimate of drug-likeness (QED) is 0.721. The molecule has 4 heteroatoms. The lowest BCUT2D eigenvalue weighted by Gasteiger charge is -2.19. The average Bonchev–Trinajstić information content (AvgIpc) is 2.42. The van der Waals surface area contributed by atoms with E-state index < -0.39 is 0 Å². The van der Waals surface area contributed by atoms with Gasteiger partial charge in [-0.3, -0.25) is 4.79 Å². The minimum absolute atomic E-state index is 0.344. The van der Waals surface area contributed by atoms with E-state index >= 15 is 0 Å². The first-order chi connectivity index (χ1) is 6.34. The summed E-state index contributed by atoms with van der Waals surface area (Å²) in [5.74, 6) is 3.64. The number of carbonyl (C=O) groups is 1. The molecule has 1 aliphatic heterocycles. The van der Waals surface area contributed by atoms with Crippen molar-refractivity contribution < 1.29 is 4.79 Å². The number of hydrogen-bond acceptors (Lipinski definition) is 3. The van der Waals surface area contributed by atoms with Gasteiger partial charge in [-0.15, -0.1) is 0 Å². The molecule has 1 saturated heterocycles. The third-order valence-corrected chi connectivity index (χ3v) is 3.76. The van der Waals surface area contributed by atoms with Gasteiger partial charge in [0.15, 0.2) is 0 Å². The molecule has 0 spiro atoms. The first-order valence-corrected chi connectivity index (χ1v) is 7.24. The molecule has 76 valence electrons. The Kier molecular flexibility index (Phi) is 5.71. The zero-order valence-electron chi connectivity index (χ0n) is 8.12. The van der Waals surface area contributed by atoms with Crippen LogP contribution in [0.15, 0.2) is 0 Å². The lowest BCUT2D eigenvalue weighted by molar-refractivity contribution is -0.130. The predicted octanol–water partition coefficient (Wildman–Crippen LogP) is 1.71. The molecule has 0 aromatic carbocycles. The summed E-state index contributed by atoms with van der Waals surface area (Å²) >= 11 is 3.71. The van der Waals surface area contributed by atoms with E-state index in [-0.39, 0.29) is 0 Å². The third-order valence-electron chi connectivity index (χ3n) is 2.10. The minimum atomic E-state index is 0.344. The molecule has 0 atom stereocenters. The predicted molar refractivity (Wildman–Crippen MR) is 61.5 cm³/mol. The summed E-state index contributed by atoms with van der Waals surface area (Å²) in [6.07, 6.45) is 3.92. The zero-order chi connectivity index (χ0) is 9.52. The summed E-state index contributed by atoms with van der Waals surface area (Å²) in [6, 6.07) is 0. The molecule has 0 bridgehead atoms. The van der Waals surface area contributed by atoms with Crippen LogP contribution in [0.4, 0.5) is 0 Å². The number of nitrogens with zero attached hydrogens (tertiary/aromatic N) is 1. The summed E-state index contributed by atoms with van der Waals surface area (Å²) in [5, 5.41) is 0. The number of thioether (sulfide) groups is 2. The molecule has 1 aliphatic rings. The lowest BCUT2D eigenvalue weighted by atomic mass is 10.3. The Bertz CT molecular complexity index is 156. The number of carbonyl (C=O) groups excluding carboxylic acids is 1. The van der Waals surface area contributed by atoms with Crippen LogP contribution in [0.25, 0.3) is 0 Å². The summed E-state index contributed by atoms with van der Waals surface area (Å²) < 4.78 is 0. The Hall–Kier alpha value is 0.170. The van der Waals surface area contributed by atoms with E-state index in [1.165, 1.54) is 5.75 Å². The van der Waals surface area contributed by atoms with E-state index in [0.29, 0.717) is 12.3 Å². The third kappa shape index (κ3) is 4.27. The van der Waals surface area contributed by atoms with E-state index in [4.69, 9.17) is 0 Å². The Labute approximate surface area is 88.8 Å². The van der Waals surface area contributed by atoms with Crippen molar-refractivity contribution in [3.8, 4) is 0 Å². The standard InChI is InChI=1S/C9H17NOS2/c1-12-7-3-9(11)10-4-2-6-13-8-5-10/h2-8H2,1H3. The lowest BCUT2D eigenvalue weighted by Crippen LogP contribution is -2.33. The van der Waals surface area contributed by atoms with E-state index in [1.807, 2.05) is 22.9 Å². The van der Waals surface area contributed by atoms with Crippen molar-refractivity contribution >= 4 is 29.4 Å². The minimum Gasteiger partial charge on any atom is -0.342 e. The van der Waals surface area contributed by atoms with Crippen LogP contribution in [-0.4, -0.2) is 47.4 Å². The van der Waals surface area contributed by atoms with Crippen LogP contribution in [-0.2, 0) is 4.79 Å². The van der Waals surface area contributed by atoms with Crippen molar-refractivity contribution in [2.24, 2.45) is 0 Å². The number of hydrogen-bond donors (Lipinski definition) is 0. The largest absolute Gasteiger partial charge is 0.342 e. The fraction of sp³-hybridized carbons (Fsp3) is 0.889. The van der Waals surface area contributed by atoms with Gasteiger partial charge >= 0.3 is 0 Å². The molecule has 0 aromatic rings. The molecular weight excluding hydrogens is 202 g/mol. The summed E-state index contributed by atoms with van der Waals surface area (Å²) in [5.41, 5.74) is 0. The fourth-order valence-corrected chi connectivity index (χ4v) is 2.61. The maximum Gasteiger partial charge on any atom is 0.223 e. The Morgan fingerprint density at radius 2 is 2.31 bits per heavy atom. The molecule has 0 radical (unpaired) electrons. The van der Waals surface area contributed by atoms with Gasteiger partial charge in [-0.25, -0.2) is 0 Å². The fourth-order valence-electron chi connectivity index (χ4n) is 1.34. The first kappa shape index (κ1) is 11.2. The molecule has 13 heavy (non-hydrogen) atoms. The first-order valence-electron chi connectivity index (χ1n) is 4.69. The highest BCUT2D eigenvalue weighted by atomic mass is 32.2. The average molecular weight is 219 g/mol. The van der Waals surface area contributed by atoms with Crippen LogP contribution in [0.3, 0.4) is 0 Å². The van der Waals surface area contributed by atoms with Gasteiger partial charge in [0.25, 0.3) is 0 Å². The van der Waals surface area contributed by atoms with E-state index in [0.717, 1.165) is 31.0 Å². The van der Waals surface area contributed by atoms with Crippen LogP contribution in [0.5, 0.6) is 0 Å². The van der Waals surface area contributed by atoms with Crippen LogP contribution < -0.4 is 0 Å². The molecule has 1 amide bonds. The molecule has 1 rings (SSSR count). The second kappa shape index (κ2) is 6.60. The summed E-state index contributed by atoms with van der Waals surface area (Å²) in [4.78, 5) is 13.6. The highest BCUT2D eigenvalue weighted by Gasteiger charge is 2.14. The van der Waals surface area contributed by atoms with Crippen molar-refractivity contribution in [3.05, 3.63) is 0 Å². The van der Waals surface area contributed by atoms with Gasteiger partial charge in [0.2, 0.25) is 5.91 Å². The van der Waals surface area contributed by atoms with Gasteiger partial charge in [0.05, 0.1) is 0 Å². The van der Waals surface area contributed by atoms with Crippen molar-refractivity contribution in [1.29, 1.82) is 0 Å². The van der Waals surface area contributed by atoms with Gasteiger partial charge < -0.3 is 4.90 Å². The van der Waals surface area contributed by atoms with Gasteiger partial charge in [-0.05, 0) is 18.4 Å². The normalized spacial score (nSPS) is 18.4. The van der Waals surface area contributed by atoms with Crippen molar-refractivity contribution in [3.63, 3.8) is 0 Å². The van der Waals surface area contributed by atoms with Crippen molar-refractivity contribution in [2.45, 2.75) is 12.8 Å². The van der Waals surface area contributed by atoms with Crippen LogP contribution in [0.1, 0.15) is 12.8 Å². The number of rotatable bonds is 3. The van der Waals surface area contributed by atoms with Crippen LogP contribution in [0.2, 0.25) is 0 Å². The molecule has 0 unspecified atom stereocenters.